The van der Waals surface area contributed by atoms with Gasteiger partial charge in [0.05, 0.1) is 6.04 Å². The average molecular weight is 460 g/mol. The number of amides is 3. The first-order valence-corrected chi connectivity index (χ1v) is 9.98. The zero-order valence-corrected chi connectivity index (χ0v) is 18.2. The summed E-state index contributed by atoms with van der Waals surface area (Å²) in [6.45, 7) is 2.88. The van der Waals surface area contributed by atoms with Crippen LogP contribution in [0.3, 0.4) is 0 Å². The van der Waals surface area contributed by atoms with Crippen LogP contribution in [-0.2, 0) is 24.0 Å². The molecular formula is C18H33N7O7. The third kappa shape index (κ3) is 12.3. The van der Waals surface area contributed by atoms with E-state index in [0.717, 1.165) is 0 Å². The number of hydrogen-bond donors (Lipinski definition) is 8. The number of aliphatic imine (C=N–C) groups is 1. The molecule has 0 saturated heterocycles. The van der Waals surface area contributed by atoms with E-state index in [9.17, 15) is 24.0 Å². The Morgan fingerprint density at radius 3 is 2.03 bits per heavy atom. The number of guanidine groups is 1. The fraction of sp³-hybridized carbons (Fsp3) is 0.667. The normalized spacial score (nSPS) is 13.4. The second kappa shape index (κ2) is 14.6. The largest absolute Gasteiger partial charge is 0.481 e. The molecule has 182 valence electrons. The van der Waals surface area contributed by atoms with E-state index >= 15 is 0 Å². The van der Waals surface area contributed by atoms with Gasteiger partial charge in [0.25, 0.3) is 0 Å². The van der Waals surface area contributed by atoms with E-state index in [1.165, 1.54) is 0 Å². The number of carbonyl (C=O) groups is 5. The second-order valence-corrected chi connectivity index (χ2v) is 7.39. The minimum Gasteiger partial charge on any atom is -0.481 e. The Kier molecular flexibility index (Phi) is 13.0. The lowest BCUT2D eigenvalue weighted by Gasteiger charge is -2.25. The molecule has 0 rings (SSSR count). The quantitative estimate of drug-likeness (QED) is 0.0702. The molecule has 0 aromatic rings. The first-order valence-electron chi connectivity index (χ1n) is 9.98. The van der Waals surface area contributed by atoms with Crippen LogP contribution >= 0.6 is 0 Å². The second-order valence-electron chi connectivity index (χ2n) is 7.39. The summed E-state index contributed by atoms with van der Waals surface area (Å²) in [4.78, 5) is 62.7. The van der Waals surface area contributed by atoms with Crippen LogP contribution in [0.1, 0.15) is 39.5 Å². The Morgan fingerprint density at radius 1 is 0.906 bits per heavy atom. The Hall–Kier alpha value is -3.42. The molecule has 3 atom stereocenters. The summed E-state index contributed by atoms with van der Waals surface area (Å²) < 4.78 is 0. The first kappa shape index (κ1) is 28.6. The van der Waals surface area contributed by atoms with Crippen molar-refractivity contribution in [3.05, 3.63) is 0 Å². The number of nitrogens with one attached hydrogen (secondary N) is 3. The van der Waals surface area contributed by atoms with Gasteiger partial charge in [0, 0.05) is 13.0 Å². The van der Waals surface area contributed by atoms with Crippen LogP contribution < -0.4 is 33.2 Å². The summed E-state index contributed by atoms with van der Waals surface area (Å²) in [6.07, 6.45) is -0.0510. The van der Waals surface area contributed by atoms with Gasteiger partial charge >= 0.3 is 11.9 Å². The molecule has 0 aromatic heterocycles. The lowest BCUT2D eigenvalue weighted by Crippen LogP contribution is -2.57. The standard InChI is InChI=1S/C18H33N7O7/c1-9(2)14(17(32)23-8-13(28)29)25-16(31)11(5-6-12(26)27)24-15(30)10(19)4-3-7-22-18(20)21/h9-11,14H,3-8,19H2,1-2H3,(H,23,32)(H,24,30)(H,25,31)(H,26,27)(H,28,29)(H4,20,21,22). The van der Waals surface area contributed by atoms with Crippen LogP contribution in [0.4, 0.5) is 0 Å². The fourth-order valence-corrected chi connectivity index (χ4v) is 2.53. The average Bonchev–Trinajstić information content (AvgIpc) is 2.69. The minimum absolute atomic E-state index is 0.0967. The van der Waals surface area contributed by atoms with Crippen LogP contribution in [0, 0.1) is 5.92 Å². The van der Waals surface area contributed by atoms with Crippen molar-refractivity contribution in [2.75, 3.05) is 13.1 Å². The zero-order valence-electron chi connectivity index (χ0n) is 18.2. The summed E-state index contributed by atoms with van der Waals surface area (Å²) in [7, 11) is 0. The molecule has 11 N–H and O–H groups in total. The zero-order chi connectivity index (χ0) is 24.8. The number of hydrogen-bond acceptors (Lipinski definition) is 7. The number of aliphatic carboxylic acids is 2. The molecule has 14 heteroatoms. The van der Waals surface area contributed by atoms with E-state index in [4.69, 9.17) is 27.4 Å². The third-order valence-corrected chi connectivity index (χ3v) is 4.24. The summed E-state index contributed by atoms with van der Waals surface area (Å²) in [5.41, 5.74) is 16.2. The molecule has 0 aliphatic carbocycles. The van der Waals surface area contributed by atoms with E-state index in [1.54, 1.807) is 13.8 Å². The molecule has 0 bridgehead atoms. The van der Waals surface area contributed by atoms with Gasteiger partial charge in [-0.15, -0.1) is 0 Å². The van der Waals surface area contributed by atoms with Crippen molar-refractivity contribution in [3.63, 3.8) is 0 Å². The van der Waals surface area contributed by atoms with Gasteiger partial charge in [0.2, 0.25) is 17.7 Å². The van der Waals surface area contributed by atoms with Crippen LogP contribution in [0.5, 0.6) is 0 Å². The van der Waals surface area contributed by atoms with Crippen molar-refractivity contribution in [3.8, 4) is 0 Å². The highest BCUT2D eigenvalue weighted by Gasteiger charge is 2.30. The molecule has 0 radical (unpaired) electrons. The fourth-order valence-electron chi connectivity index (χ4n) is 2.53. The number of carboxylic acid groups (broad SMARTS) is 2. The summed E-state index contributed by atoms with van der Waals surface area (Å²) >= 11 is 0. The SMILES string of the molecule is CC(C)C(NC(=O)C(CCC(=O)O)NC(=O)C(N)CCCN=C(N)N)C(=O)NCC(=O)O. The van der Waals surface area contributed by atoms with Crippen LogP contribution in [0.15, 0.2) is 4.99 Å². The van der Waals surface area contributed by atoms with Crippen LogP contribution in [-0.4, -0.2) is 77.0 Å². The molecule has 0 aliphatic heterocycles. The molecule has 3 amide bonds. The highest BCUT2D eigenvalue weighted by molar-refractivity contribution is 5.94. The number of rotatable bonds is 15. The lowest BCUT2D eigenvalue weighted by atomic mass is 10.0. The van der Waals surface area contributed by atoms with Crippen molar-refractivity contribution in [2.24, 2.45) is 28.1 Å². The topological polar surface area (TPSA) is 252 Å². The van der Waals surface area contributed by atoms with Gasteiger partial charge in [-0.25, -0.2) is 0 Å². The number of nitrogens with two attached hydrogens (primary N) is 3. The Bertz CT molecular complexity index is 708. The third-order valence-electron chi connectivity index (χ3n) is 4.24. The molecule has 0 saturated carbocycles. The molecule has 0 aliphatic rings. The predicted molar refractivity (Wildman–Crippen MR) is 114 cm³/mol. The van der Waals surface area contributed by atoms with Crippen molar-refractivity contribution in [1.82, 2.24) is 16.0 Å². The molecular weight excluding hydrogens is 426 g/mol. The van der Waals surface area contributed by atoms with Gasteiger partial charge in [0.1, 0.15) is 18.6 Å². The van der Waals surface area contributed by atoms with E-state index in [0.29, 0.717) is 6.42 Å². The smallest absolute Gasteiger partial charge is 0.322 e. The molecule has 0 aromatic carbocycles. The molecule has 0 spiro atoms. The highest BCUT2D eigenvalue weighted by Crippen LogP contribution is 2.06. The van der Waals surface area contributed by atoms with Gasteiger partial charge in [-0.1, -0.05) is 13.8 Å². The van der Waals surface area contributed by atoms with Crippen molar-refractivity contribution < 1.29 is 34.2 Å². The Morgan fingerprint density at radius 2 is 1.53 bits per heavy atom. The lowest BCUT2D eigenvalue weighted by molar-refractivity contribution is -0.139. The summed E-state index contributed by atoms with van der Waals surface area (Å²) in [5.74, 6) is -5.16. The van der Waals surface area contributed by atoms with E-state index < -0.39 is 66.7 Å². The summed E-state index contributed by atoms with van der Waals surface area (Å²) in [5, 5.41) is 24.6. The van der Waals surface area contributed by atoms with E-state index in [-0.39, 0.29) is 25.3 Å². The van der Waals surface area contributed by atoms with Gasteiger partial charge in [-0.3, -0.25) is 29.0 Å². The maximum absolute atomic E-state index is 12.7. The number of carboxylic acids is 2. The number of carbonyl (C=O) groups excluding carboxylic acids is 3. The monoisotopic (exact) mass is 459 g/mol. The van der Waals surface area contributed by atoms with E-state index in [2.05, 4.69) is 20.9 Å². The van der Waals surface area contributed by atoms with Crippen LogP contribution in [0.25, 0.3) is 0 Å². The molecule has 32 heavy (non-hydrogen) atoms. The first-order chi connectivity index (χ1) is 14.8. The Labute approximate surface area is 185 Å². The van der Waals surface area contributed by atoms with Crippen molar-refractivity contribution in [1.29, 1.82) is 0 Å². The van der Waals surface area contributed by atoms with Gasteiger partial charge in [-0.2, -0.15) is 0 Å². The molecule has 14 nitrogen and oxygen atoms in total. The van der Waals surface area contributed by atoms with Gasteiger partial charge in [-0.05, 0) is 25.2 Å². The Balaban J connectivity index is 5.16. The van der Waals surface area contributed by atoms with E-state index in [1.807, 2.05) is 0 Å². The molecule has 3 unspecified atom stereocenters. The summed E-state index contributed by atoms with van der Waals surface area (Å²) in [6, 6.07) is -3.36. The van der Waals surface area contributed by atoms with Gasteiger partial charge < -0.3 is 43.4 Å². The van der Waals surface area contributed by atoms with Crippen molar-refractivity contribution in [2.45, 2.75) is 57.7 Å². The maximum atomic E-state index is 12.7. The number of nitrogens with zero attached hydrogens (tertiary/aromatic N) is 1. The highest BCUT2D eigenvalue weighted by atomic mass is 16.4. The van der Waals surface area contributed by atoms with Crippen molar-refractivity contribution >= 4 is 35.6 Å². The van der Waals surface area contributed by atoms with Crippen LogP contribution in [0.2, 0.25) is 0 Å². The van der Waals surface area contributed by atoms with Gasteiger partial charge in [0.15, 0.2) is 5.96 Å². The predicted octanol–water partition coefficient (Wildman–Crippen LogP) is -2.94. The molecule has 0 heterocycles. The minimum atomic E-state index is -1.27. The maximum Gasteiger partial charge on any atom is 0.322 e. The molecule has 0 fully saturated rings.